The van der Waals surface area contributed by atoms with Gasteiger partial charge in [-0.05, 0) is 48.1 Å². The molecule has 1 aromatic carbocycles. The van der Waals surface area contributed by atoms with E-state index in [4.69, 9.17) is 16.3 Å². The van der Waals surface area contributed by atoms with Gasteiger partial charge in [0.15, 0.2) is 0 Å². The second-order valence-corrected chi connectivity index (χ2v) is 6.83. The highest BCUT2D eigenvalue weighted by molar-refractivity contribution is 6.30. The lowest BCUT2D eigenvalue weighted by Gasteiger charge is -2.38. The average Bonchev–Trinajstić information content (AvgIpc) is 2.59. The number of halogens is 1. The molecular weight excluding hydrogens is 340 g/mol. The van der Waals surface area contributed by atoms with Crippen molar-refractivity contribution < 1.29 is 14.6 Å². The highest BCUT2D eigenvalue weighted by Gasteiger charge is 2.36. The van der Waals surface area contributed by atoms with Gasteiger partial charge in [0.1, 0.15) is 5.75 Å². The minimum absolute atomic E-state index is 0.0727. The number of methoxy groups -OCH3 is 1. The van der Waals surface area contributed by atoms with Gasteiger partial charge >= 0.3 is 0 Å². The molecule has 1 saturated carbocycles. The molecule has 6 heteroatoms. The third-order valence-electron chi connectivity index (χ3n) is 4.54. The van der Waals surface area contributed by atoms with Crippen molar-refractivity contribution in [3.05, 3.63) is 58.9 Å². The second-order valence-electron chi connectivity index (χ2n) is 6.39. The molecule has 0 unspecified atom stereocenters. The van der Waals surface area contributed by atoms with Crippen molar-refractivity contribution >= 4 is 17.5 Å². The first kappa shape index (κ1) is 17.7. The summed E-state index contributed by atoms with van der Waals surface area (Å²) < 4.78 is 5.23. The van der Waals surface area contributed by atoms with Crippen LogP contribution in [-0.2, 0) is 11.2 Å². The van der Waals surface area contributed by atoms with Crippen molar-refractivity contribution in [3.63, 3.8) is 0 Å². The van der Waals surface area contributed by atoms with Gasteiger partial charge in [-0.15, -0.1) is 0 Å². The highest BCUT2D eigenvalue weighted by Crippen LogP contribution is 2.38. The van der Waals surface area contributed by atoms with Gasteiger partial charge in [0, 0.05) is 11.2 Å². The third-order valence-corrected chi connectivity index (χ3v) is 4.80. The Hall–Kier alpha value is -2.11. The molecule has 0 aliphatic heterocycles. The quantitative estimate of drug-likeness (QED) is 0.830. The van der Waals surface area contributed by atoms with Crippen molar-refractivity contribution in [2.75, 3.05) is 7.11 Å². The summed E-state index contributed by atoms with van der Waals surface area (Å²) in [6.45, 7) is 0. The maximum Gasteiger partial charge on any atom is 0.224 e. The zero-order chi connectivity index (χ0) is 17.8. The number of hydrogen-bond acceptors (Lipinski definition) is 4. The zero-order valence-corrected chi connectivity index (χ0v) is 14.7. The number of aliphatic hydroxyl groups excluding tert-OH is 1. The molecule has 1 aliphatic carbocycles. The van der Waals surface area contributed by atoms with Gasteiger partial charge in [0.2, 0.25) is 5.91 Å². The normalized spacial score (nSPS) is 20.4. The third kappa shape index (κ3) is 4.50. The fourth-order valence-corrected chi connectivity index (χ4v) is 3.23. The standard InChI is InChI=1S/C19H21ClN2O3/c1-25-17-9-14(10-21-11-17)19(13-7-16(23)8-13)22-18(24)6-12-2-4-15(20)5-3-12/h2-5,9-11,13,16,19,23H,6-8H2,1H3,(H,22,24)/t13?,16?,19-/m0/s1. The van der Waals surface area contributed by atoms with Crippen LogP contribution in [0, 0.1) is 5.92 Å². The van der Waals surface area contributed by atoms with Crippen LogP contribution in [0.1, 0.15) is 30.0 Å². The molecule has 0 radical (unpaired) electrons. The summed E-state index contributed by atoms with van der Waals surface area (Å²) in [6.07, 6.45) is 4.69. The maximum atomic E-state index is 12.5. The molecule has 132 valence electrons. The summed E-state index contributed by atoms with van der Waals surface area (Å²) >= 11 is 5.88. The predicted octanol–water partition coefficient (Wildman–Crippen LogP) is 2.91. The molecule has 2 aromatic rings. The molecule has 1 aromatic heterocycles. The van der Waals surface area contributed by atoms with Gasteiger partial charge in [0.05, 0.1) is 31.9 Å². The van der Waals surface area contributed by atoms with Crippen LogP contribution in [0.3, 0.4) is 0 Å². The molecule has 3 rings (SSSR count). The molecule has 1 heterocycles. The summed E-state index contributed by atoms with van der Waals surface area (Å²) in [4.78, 5) is 16.7. The largest absolute Gasteiger partial charge is 0.495 e. The molecule has 2 N–H and O–H groups in total. The Morgan fingerprint density at radius 3 is 2.72 bits per heavy atom. The van der Waals surface area contributed by atoms with Crippen LogP contribution in [0.25, 0.3) is 0 Å². The SMILES string of the molecule is COc1cncc([C@@H](NC(=O)Cc2ccc(Cl)cc2)C2CC(O)C2)c1. The summed E-state index contributed by atoms with van der Waals surface area (Å²) in [7, 11) is 1.59. The Bertz CT molecular complexity index is 730. The summed E-state index contributed by atoms with van der Waals surface area (Å²) in [5.74, 6) is 0.768. The van der Waals surface area contributed by atoms with E-state index in [0.29, 0.717) is 23.6 Å². The molecular formula is C19H21ClN2O3. The number of carbonyl (C=O) groups excluding carboxylic acids is 1. The number of benzene rings is 1. The first-order valence-electron chi connectivity index (χ1n) is 8.26. The van der Waals surface area contributed by atoms with Crippen molar-refractivity contribution in [2.45, 2.75) is 31.4 Å². The molecule has 5 nitrogen and oxygen atoms in total. The van der Waals surface area contributed by atoms with Gasteiger partial charge in [-0.1, -0.05) is 23.7 Å². The minimum Gasteiger partial charge on any atom is -0.495 e. The lowest BCUT2D eigenvalue weighted by Crippen LogP contribution is -2.41. The van der Waals surface area contributed by atoms with Gasteiger partial charge in [0.25, 0.3) is 0 Å². The Morgan fingerprint density at radius 1 is 1.36 bits per heavy atom. The van der Waals surface area contributed by atoms with Crippen LogP contribution in [0.4, 0.5) is 0 Å². The van der Waals surface area contributed by atoms with E-state index >= 15 is 0 Å². The number of pyridine rings is 1. The van der Waals surface area contributed by atoms with Crippen molar-refractivity contribution in [2.24, 2.45) is 5.92 Å². The lowest BCUT2D eigenvalue weighted by molar-refractivity contribution is -0.122. The summed E-state index contributed by atoms with van der Waals surface area (Å²) in [6, 6.07) is 8.93. The number of nitrogens with zero attached hydrogens (tertiary/aromatic N) is 1. The second kappa shape index (κ2) is 7.85. The first-order chi connectivity index (χ1) is 12.0. The fraction of sp³-hybridized carbons (Fsp3) is 0.368. The summed E-state index contributed by atoms with van der Waals surface area (Å²) in [5.41, 5.74) is 1.79. The number of rotatable bonds is 6. The molecule has 1 fully saturated rings. The molecule has 1 aliphatic rings. The van der Waals surface area contributed by atoms with Gasteiger partial charge in [-0.3, -0.25) is 9.78 Å². The van der Waals surface area contributed by atoms with Crippen LogP contribution in [0.2, 0.25) is 5.02 Å². The van der Waals surface area contributed by atoms with Gasteiger partial charge in [-0.2, -0.15) is 0 Å². The first-order valence-corrected chi connectivity index (χ1v) is 8.63. The van der Waals surface area contributed by atoms with Gasteiger partial charge in [-0.25, -0.2) is 0 Å². The maximum absolute atomic E-state index is 12.5. The number of ether oxygens (including phenoxy) is 1. The van der Waals surface area contributed by atoms with Crippen LogP contribution in [0.15, 0.2) is 42.7 Å². The minimum atomic E-state index is -0.292. The van der Waals surface area contributed by atoms with E-state index in [1.807, 2.05) is 18.2 Å². The van der Waals surface area contributed by atoms with E-state index in [-0.39, 0.29) is 30.4 Å². The van der Waals surface area contributed by atoms with Crippen molar-refractivity contribution in [3.8, 4) is 5.75 Å². The van der Waals surface area contributed by atoms with Crippen LogP contribution >= 0.6 is 11.6 Å². The number of aliphatic hydroxyl groups is 1. The van der Waals surface area contributed by atoms with Crippen molar-refractivity contribution in [1.82, 2.24) is 10.3 Å². The smallest absolute Gasteiger partial charge is 0.224 e. The molecule has 1 atom stereocenters. The molecule has 1 amide bonds. The molecule has 0 spiro atoms. The van der Waals surface area contributed by atoms with Gasteiger partial charge < -0.3 is 15.2 Å². The van der Waals surface area contributed by atoms with Crippen LogP contribution in [-0.4, -0.2) is 29.2 Å². The highest BCUT2D eigenvalue weighted by atomic mass is 35.5. The Morgan fingerprint density at radius 2 is 2.08 bits per heavy atom. The van der Waals surface area contributed by atoms with E-state index in [9.17, 15) is 9.90 Å². The van der Waals surface area contributed by atoms with Crippen LogP contribution < -0.4 is 10.1 Å². The molecule has 0 bridgehead atoms. The number of carbonyl (C=O) groups is 1. The topological polar surface area (TPSA) is 71.5 Å². The van der Waals surface area contributed by atoms with Crippen LogP contribution in [0.5, 0.6) is 5.75 Å². The van der Waals surface area contributed by atoms with E-state index in [0.717, 1.165) is 11.1 Å². The number of nitrogens with one attached hydrogen (secondary N) is 1. The Balaban J connectivity index is 1.73. The van der Waals surface area contributed by atoms with E-state index in [1.54, 1.807) is 31.6 Å². The lowest BCUT2D eigenvalue weighted by atomic mass is 9.75. The molecule has 0 saturated heterocycles. The number of amides is 1. The predicted molar refractivity (Wildman–Crippen MR) is 95.6 cm³/mol. The zero-order valence-electron chi connectivity index (χ0n) is 14.0. The van der Waals surface area contributed by atoms with E-state index in [1.165, 1.54) is 0 Å². The number of aromatic nitrogens is 1. The number of hydrogen-bond donors (Lipinski definition) is 2. The van der Waals surface area contributed by atoms with Crippen molar-refractivity contribution in [1.29, 1.82) is 0 Å². The summed E-state index contributed by atoms with van der Waals surface area (Å²) in [5, 5.41) is 13.4. The fourth-order valence-electron chi connectivity index (χ4n) is 3.10. The Kier molecular flexibility index (Phi) is 5.56. The monoisotopic (exact) mass is 360 g/mol. The average molecular weight is 361 g/mol. The van der Waals surface area contributed by atoms with E-state index in [2.05, 4.69) is 10.3 Å². The Labute approximate surface area is 152 Å². The molecule has 25 heavy (non-hydrogen) atoms. The van der Waals surface area contributed by atoms with E-state index < -0.39 is 0 Å².